The van der Waals surface area contributed by atoms with Gasteiger partial charge in [-0.3, -0.25) is 0 Å². The van der Waals surface area contributed by atoms with Crippen LogP contribution in [0.15, 0.2) is 16.6 Å². The maximum absolute atomic E-state index is 6.26. The minimum Gasteiger partial charge on any atom is -0.493 e. The molecule has 1 aliphatic heterocycles. The highest BCUT2D eigenvalue weighted by Gasteiger charge is 2.46. The molecule has 1 aromatic carbocycles. The van der Waals surface area contributed by atoms with Crippen LogP contribution in [-0.2, 0) is 13.0 Å². The number of halogens is 2. The van der Waals surface area contributed by atoms with E-state index in [9.17, 15) is 0 Å². The van der Waals surface area contributed by atoms with Gasteiger partial charge in [0.15, 0.2) is 0 Å². The molecule has 1 N–H and O–H groups in total. The molecule has 2 atom stereocenters. The number of nitrogens with one attached hydrogen (secondary N) is 1. The second kappa shape index (κ2) is 4.94. The molecule has 2 unspecified atom stereocenters. The fraction of sp³-hybridized carbons (Fsp3) is 0.600. The van der Waals surface area contributed by atoms with E-state index >= 15 is 0 Å². The first-order valence-electron chi connectivity index (χ1n) is 6.80. The molecule has 104 valence electrons. The first-order valence-corrected chi connectivity index (χ1v) is 8.03. The fourth-order valence-electron chi connectivity index (χ4n) is 2.93. The second-order valence-electron chi connectivity index (χ2n) is 6.11. The topological polar surface area (TPSA) is 21.3 Å². The van der Waals surface area contributed by atoms with Crippen molar-refractivity contribution in [2.45, 2.75) is 44.7 Å². The Morgan fingerprint density at radius 2 is 2.26 bits per heavy atom. The zero-order valence-corrected chi connectivity index (χ0v) is 13.6. The van der Waals surface area contributed by atoms with Gasteiger partial charge in [0.1, 0.15) is 5.75 Å². The van der Waals surface area contributed by atoms with Gasteiger partial charge in [0.05, 0.1) is 6.61 Å². The molecular formula is C15H19BrClNO. The summed E-state index contributed by atoms with van der Waals surface area (Å²) in [6, 6.07) is 4.81. The van der Waals surface area contributed by atoms with Crippen molar-refractivity contribution in [2.75, 3.05) is 6.61 Å². The van der Waals surface area contributed by atoms with Crippen LogP contribution in [0.2, 0.25) is 0 Å². The first kappa shape index (κ1) is 13.7. The lowest BCUT2D eigenvalue weighted by molar-refractivity contribution is 0.115. The SMILES string of the molecule is CC1(C)C(Cl)CC1NCc1cc(Br)cc2c1OCC2. The van der Waals surface area contributed by atoms with Gasteiger partial charge in [0.2, 0.25) is 0 Å². The summed E-state index contributed by atoms with van der Waals surface area (Å²) in [6.45, 7) is 6.11. The summed E-state index contributed by atoms with van der Waals surface area (Å²) in [5, 5.41) is 3.91. The molecule has 1 aromatic rings. The molecule has 1 aliphatic carbocycles. The summed E-state index contributed by atoms with van der Waals surface area (Å²) in [5.41, 5.74) is 2.74. The van der Waals surface area contributed by atoms with Gasteiger partial charge in [-0.1, -0.05) is 29.8 Å². The molecular weight excluding hydrogens is 326 g/mol. The summed E-state index contributed by atoms with van der Waals surface area (Å²) < 4.78 is 6.89. The summed E-state index contributed by atoms with van der Waals surface area (Å²) in [4.78, 5) is 0. The van der Waals surface area contributed by atoms with E-state index in [4.69, 9.17) is 16.3 Å². The van der Waals surface area contributed by atoms with Crippen molar-refractivity contribution in [2.24, 2.45) is 5.41 Å². The Kier molecular flexibility index (Phi) is 3.57. The normalized spacial score (nSPS) is 27.6. The van der Waals surface area contributed by atoms with Crippen molar-refractivity contribution < 1.29 is 4.74 Å². The molecule has 0 aromatic heterocycles. The molecule has 0 saturated heterocycles. The lowest BCUT2D eigenvalue weighted by Crippen LogP contribution is -2.57. The number of benzene rings is 1. The van der Waals surface area contributed by atoms with E-state index < -0.39 is 0 Å². The highest BCUT2D eigenvalue weighted by molar-refractivity contribution is 9.10. The van der Waals surface area contributed by atoms with Crippen LogP contribution >= 0.6 is 27.5 Å². The molecule has 2 nitrogen and oxygen atoms in total. The number of rotatable bonds is 3. The zero-order valence-electron chi connectivity index (χ0n) is 11.3. The zero-order chi connectivity index (χ0) is 13.6. The van der Waals surface area contributed by atoms with Crippen LogP contribution in [0.1, 0.15) is 31.4 Å². The van der Waals surface area contributed by atoms with Crippen LogP contribution in [0.5, 0.6) is 5.75 Å². The second-order valence-corrected chi connectivity index (χ2v) is 7.55. The minimum absolute atomic E-state index is 0.178. The van der Waals surface area contributed by atoms with E-state index in [1.807, 2.05) is 0 Å². The Bertz CT molecular complexity index is 503. The van der Waals surface area contributed by atoms with Gasteiger partial charge in [-0.2, -0.15) is 0 Å². The lowest BCUT2D eigenvalue weighted by Gasteiger charge is -2.49. The fourth-order valence-corrected chi connectivity index (χ4v) is 3.81. The van der Waals surface area contributed by atoms with Crippen molar-refractivity contribution in [3.8, 4) is 5.75 Å². The largest absolute Gasteiger partial charge is 0.493 e. The van der Waals surface area contributed by atoms with Gasteiger partial charge in [0, 0.05) is 34.4 Å². The average molecular weight is 345 g/mol. The van der Waals surface area contributed by atoms with Crippen molar-refractivity contribution in [3.63, 3.8) is 0 Å². The smallest absolute Gasteiger partial charge is 0.127 e. The molecule has 4 heteroatoms. The van der Waals surface area contributed by atoms with Gasteiger partial charge in [-0.05, 0) is 29.5 Å². The third-order valence-electron chi connectivity index (χ3n) is 4.51. The Hall–Kier alpha value is -0.250. The van der Waals surface area contributed by atoms with Crippen molar-refractivity contribution in [1.29, 1.82) is 0 Å². The number of hydrogen-bond acceptors (Lipinski definition) is 2. The minimum atomic E-state index is 0.178. The van der Waals surface area contributed by atoms with Crippen LogP contribution < -0.4 is 10.1 Å². The number of ether oxygens (including phenoxy) is 1. The number of hydrogen-bond donors (Lipinski definition) is 1. The Morgan fingerprint density at radius 3 is 2.95 bits per heavy atom. The lowest BCUT2D eigenvalue weighted by atomic mass is 9.67. The highest BCUT2D eigenvalue weighted by Crippen LogP contribution is 2.44. The molecule has 0 spiro atoms. The summed E-state index contributed by atoms with van der Waals surface area (Å²) >= 11 is 9.85. The molecule has 19 heavy (non-hydrogen) atoms. The predicted molar refractivity (Wildman–Crippen MR) is 82.0 cm³/mol. The molecule has 1 heterocycles. The molecule has 0 bridgehead atoms. The molecule has 1 saturated carbocycles. The van der Waals surface area contributed by atoms with Crippen LogP contribution in [0.4, 0.5) is 0 Å². The third-order valence-corrected chi connectivity index (χ3v) is 5.71. The van der Waals surface area contributed by atoms with Crippen molar-refractivity contribution in [1.82, 2.24) is 5.32 Å². The first-order chi connectivity index (χ1) is 8.98. The van der Waals surface area contributed by atoms with Crippen molar-refractivity contribution >= 4 is 27.5 Å². The third kappa shape index (κ3) is 2.41. The number of alkyl halides is 1. The van der Waals surface area contributed by atoms with E-state index in [1.54, 1.807) is 0 Å². The molecule has 3 rings (SSSR count). The average Bonchev–Trinajstić information content (AvgIpc) is 2.81. The van der Waals surface area contributed by atoms with Crippen LogP contribution in [0.3, 0.4) is 0 Å². The maximum atomic E-state index is 6.26. The highest BCUT2D eigenvalue weighted by atomic mass is 79.9. The van der Waals surface area contributed by atoms with E-state index in [-0.39, 0.29) is 10.8 Å². The maximum Gasteiger partial charge on any atom is 0.127 e. The van der Waals surface area contributed by atoms with E-state index in [0.717, 1.165) is 36.2 Å². The quantitative estimate of drug-likeness (QED) is 0.840. The molecule has 0 amide bonds. The Balaban J connectivity index is 1.71. The van der Waals surface area contributed by atoms with Gasteiger partial charge >= 0.3 is 0 Å². The van der Waals surface area contributed by atoms with Gasteiger partial charge in [-0.15, -0.1) is 11.6 Å². The van der Waals surface area contributed by atoms with E-state index in [0.29, 0.717) is 6.04 Å². The molecule has 2 aliphatic rings. The summed E-state index contributed by atoms with van der Waals surface area (Å²) in [7, 11) is 0. The standard InChI is InChI=1S/C15H19BrClNO/c1-15(2)12(17)7-13(15)18-8-10-6-11(16)5-9-3-4-19-14(9)10/h5-6,12-13,18H,3-4,7-8H2,1-2H3. The Labute approximate surface area is 128 Å². The van der Waals surface area contributed by atoms with Crippen molar-refractivity contribution in [3.05, 3.63) is 27.7 Å². The van der Waals surface area contributed by atoms with Gasteiger partial charge in [-0.25, -0.2) is 0 Å². The number of fused-ring (bicyclic) bond motifs is 1. The van der Waals surface area contributed by atoms with Gasteiger partial charge in [0.25, 0.3) is 0 Å². The Morgan fingerprint density at radius 1 is 1.47 bits per heavy atom. The van der Waals surface area contributed by atoms with E-state index in [2.05, 4.69) is 47.2 Å². The van der Waals surface area contributed by atoms with Crippen LogP contribution in [-0.4, -0.2) is 18.0 Å². The van der Waals surface area contributed by atoms with Crippen LogP contribution in [0.25, 0.3) is 0 Å². The summed E-state index contributed by atoms with van der Waals surface area (Å²) in [6.07, 6.45) is 2.06. The monoisotopic (exact) mass is 343 g/mol. The van der Waals surface area contributed by atoms with E-state index in [1.165, 1.54) is 11.1 Å². The van der Waals surface area contributed by atoms with Gasteiger partial charge < -0.3 is 10.1 Å². The molecule has 1 fully saturated rings. The predicted octanol–water partition coefficient (Wildman–Crippen LogP) is 3.88. The molecule has 0 radical (unpaired) electrons. The van der Waals surface area contributed by atoms with Crippen LogP contribution in [0, 0.1) is 5.41 Å². The summed E-state index contributed by atoms with van der Waals surface area (Å²) in [5.74, 6) is 1.08.